The van der Waals surface area contributed by atoms with Crippen molar-refractivity contribution in [1.82, 2.24) is 13.7 Å². The van der Waals surface area contributed by atoms with Gasteiger partial charge in [-0.05, 0) is 42.8 Å². The molecule has 2 aromatic carbocycles. The van der Waals surface area contributed by atoms with Gasteiger partial charge in [-0.3, -0.25) is 13.9 Å². The van der Waals surface area contributed by atoms with Crippen LogP contribution >= 0.6 is 0 Å². The molecular weight excluding hydrogens is 345 g/mol. The van der Waals surface area contributed by atoms with Crippen molar-refractivity contribution in [1.29, 1.82) is 0 Å². The molecule has 27 heavy (non-hydrogen) atoms. The van der Waals surface area contributed by atoms with Gasteiger partial charge in [-0.1, -0.05) is 23.8 Å². The molecule has 2 aromatic heterocycles. The number of halogens is 1. The molecule has 4 aromatic rings. The Labute approximate surface area is 154 Å². The number of benzene rings is 2. The van der Waals surface area contributed by atoms with E-state index in [9.17, 15) is 14.0 Å². The van der Waals surface area contributed by atoms with E-state index >= 15 is 0 Å². The summed E-state index contributed by atoms with van der Waals surface area (Å²) >= 11 is 0. The molecule has 0 aliphatic rings. The van der Waals surface area contributed by atoms with Crippen LogP contribution in [-0.2, 0) is 14.1 Å². The summed E-state index contributed by atoms with van der Waals surface area (Å²) in [5.74, 6) is -0.337. The van der Waals surface area contributed by atoms with Crippen LogP contribution in [0.25, 0.3) is 27.8 Å². The molecule has 0 unspecified atom stereocenters. The quantitative estimate of drug-likeness (QED) is 0.549. The molecule has 0 bridgehead atoms. The normalized spacial score (nSPS) is 11.3. The molecule has 0 atom stereocenters. The number of hydrogen-bond donors (Lipinski definition) is 0. The average molecular weight is 363 g/mol. The number of rotatable bonds is 2. The van der Waals surface area contributed by atoms with Crippen LogP contribution in [0.1, 0.15) is 5.56 Å². The molecule has 0 saturated carbocycles. The molecule has 0 N–H and O–H groups in total. The molecule has 0 spiro atoms. The van der Waals surface area contributed by atoms with Crippen LogP contribution in [0.15, 0.2) is 64.3 Å². The highest BCUT2D eigenvalue weighted by Gasteiger charge is 2.20. The zero-order valence-corrected chi connectivity index (χ0v) is 15.2. The fraction of sp³-hybridized carbons (Fsp3) is 0.143. The van der Waals surface area contributed by atoms with Crippen molar-refractivity contribution in [2.24, 2.45) is 14.1 Å². The highest BCUT2D eigenvalue weighted by Crippen LogP contribution is 2.31. The number of aromatic nitrogens is 3. The molecule has 136 valence electrons. The van der Waals surface area contributed by atoms with Gasteiger partial charge in [0, 0.05) is 26.0 Å². The number of fused-ring (bicyclic) bond motifs is 1. The summed E-state index contributed by atoms with van der Waals surface area (Å²) in [7, 11) is 3.11. The van der Waals surface area contributed by atoms with Gasteiger partial charge >= 0.3 is 5.69 Å². The molecule has 4 rings (SSSR count). The van der Waals surface area contributed by atoms with Crippen LogP contribution < -0.4 is 11.2 Å². The third-order valence-corrected chi connectivity index (χ3v) is 4.84. The lowest BCUT2D eigenvalue weighted by atomic mass is 10.1. The Balaban J connectivity index is 2.21. The molecule has 0 radical (unpaired) electrons. The first-order valence-electron chi connectivity index (χ1n) is 8.52. The summed E-state index contributed by atoms with van der Waals surface area (Å²) in [6, 6.07) is 13.8. The molecule has 0 aliphatic heterocycles. The van der Waals surface area contributed by atoms with Gasteiger partial charge in [0.05, 0.1) is 16.6 Å². The van der Waals surface area contributed by atoms with E-state index in [1.807, 2.05) is 35.8 Å². The minimum Gasteiger partial charge on any atom is -0.314 e. The smallest absolute Gasteiger partial charge is 0.314 e. The second kappa shape index (κ2) is 6.09. The van der Waals surface area contributed by atoms with E-state index < -0.39 is 0 Å². The van der Waals surface area contributed by atoms with Crippen molar-refractivity contribution in [3.63, 3.8) is 0 Å². The van der Waals surface area contributed by atoms with E-state index in [1.165, 1.54) is 23.7 Å². The lowest BCUT2D eigenvalue weighted by Gasteiger charge is -2.11. The zero-order valence-electron chi connectivity index (χ0n) is 15.2. The number of aryl methyl sites for hydroxylation is 2. The number of nitrogens with zero attached hydrogens (tertiary/aromatic N) is 3. The van der Waals surface area contributed by atoms with Crippen molar-refractivity contribution in [2.45, 2.75) is 6.92 Å². The largest absolute Gasteiger partial charge is 0.330 e. The van der Waals surface area contributed by atoms with Gasteiger partial charge in [0.2, 0.25) is 0 Å². The van der Waals surface area contributed by atoms with Crippen LogP contribution in [0.4, 0.5) is 4.39 Å². The summed E-state index contributed by atoms with van der Waals surface area (Å²) in [6.45, 7) is 1.98. The second-order valence-electron chi connectivity index (χ2n) is 6.66. The van der Waals surface area contributed by atoms with E-state index in [4.69, 9.17) is 0 Å². The maximum Gasteiger partial charge on any atom is 0.330 e. The van der Waals surface area contributed by atoms with E-state index in [1.54, 1.807) is 25.4 Å². The standard InChI is InChI=1S/C21H18FN3O2/c1-13-5-4-6-14(11-13)19-18-17(23(2)21(27)24(3)20(18)26)12-25(19)16-9-7-15(22)8-10-16/h4-12H,1-3H3. The first kappa shape index (κ1) is 17.0. The Morgan fingerprint density at radius 3 is 2.30 bits per heavy atom. The predicted octanol–water partition coefficient (Wildman–Crippen LogP) is 3.14. The highest BCUT2D eigenvalue weighted by molar-refractivity contribution is 5.94. The molecule has 0 fully saturated rings. The van der Waals surface area contributed by atoms with Gasteiger partial charge in [0.25, 0.3) is 5.56 Å². The van der Waals surface area contributed by atoms with Gasteiger partial charge in [0.15, 0.2) is 0 Å². The van der Waals surface area contributed by atoms with Crippen molar-refractivity contribution in [3.05, 3.63) is 86.9 Å². The monoisotopic (exact) mass is 363 g/mol. The molecular formula is C21H18FN3O2. The van der Waals surface area contributed by atoms with Gasteiger partial charge < -0.3 is 4.57 Å². The summed E-state index contributed by atoms with van der Waals surface area (Å²) in [6.07, 6.45) is 1.75. The van der Waals surface area contributed by atoms with E-state index in [2.05, 4.69) is 0 Å². The van der Waals surface area contributed by atoms with Gasteiger partial charge in [-0.25, -0.2) is 9.18 Å². The molecule has 5 nitrogen and oxygen atoms in total. The Morgan fingerprint density at radius 1 is 0.926 bits per heavy atom. The van der Waals surface area contributed by atoms with E-state index in [0.29, 0.717) is 22.3 Å². The molecule has 0 saturated heterocycles. The second-order valence-corrected chi connectivity index (χ2v) is 6.66. The SMILES string of the molecule is Cc1cccc(-c2c3c(=O)n(C)c(=O)n(C)c3cn2-c2ccc(F)cc2)c1. The van der Waals surface area contributed by atoms with Gasteiger partial charge in [-0.2, -0.15) is 0 Å². The van der Waals surface area contributed by atoms with Crippen LogP contribution in [0.2, 0.25) is 0 Å². The maximum absolute atomic E-state index is 13.4. The van der Waals surface area contributed by atoms with E-state index in [0.717, 1.165) is 15.7 Å². The summed E-state index contributed by atoms with van der Waals surface area (Å²) < 4.78 is 17.8. The maximum atomic E-state index is 13.4. The minimum atomic E-state index is -0.389. The highest BCUT2D eigenvalue weighted by atomic mass is 19.1. The van der Waals surface area contributed by atoms with Gasteiger partial charge in [-0.15, -0.1) is 0 Å². The molecule has 0 aliphatic carbocycles. The number of hydrogen-bond acceptors (Lipinski definition) is 2. The van der Waals surface area contributed by atoms with Crippen molar-refractivity contribution >= 4 is 10.9 Å². The Kier molecular flexibility index (Phi) is 3.84. The fourth-order valence-electron chi connectivity index (χ4n) is 3.42. The van der Waals surface area contributed by atoms with Crippen LogP contribution in [0, 0.1) is 12.7 Å². The fourth-order valence-corrected chi connectivity index (χ4v) is 3.42. The first-order chi connectivity index (χ1) is 12.9. The third-order valence-electron chi connectivity index (χ3n) is 4.84. The van der Waals surface area contributed by atoms with E-state index in [-0.39, 0.29) is 17.1 Å². The molecule has 2 heterocycles. The Morgan fingerprint density at radius 2 is 1.63 bits per heavy atom. The molecule has 0 amide bonds. The summed E-state index contributed by atoms with van der Waals surface area (Å²) in [5.41, 5.74) is 3.07. The summed E-state index contributed by atoms with van der Waals surface area (Å²) in [5, 5.41) is 0.453. The zero-order chi connectivity index (χ0) is 19.3. The topological polar surface area (TPSA) is 48.9 Å². The lowest BCUT2D eigenvalue weighted by Crippen LogP contribution is -2.36. The van der Waals surface area contributed by atoms with Crippen LogP contribution in [0.5, 0.6) is 0 Å². The summed E-state index contributed by atoms with van der Waals surface area (Å²) in [4.78, 5) is 25.3. The molecule has 6 heteroatoms. The van der Waals surface area contributed by atoms with Crippen molar-refractivity contribution < 1.29 is 4.39 Å². The lowest BCUT2D eigenvalue weighted by molar-refractivity contribution is 0.627. The first-order valence-corrected chi connectivity index (χ1v) is 8.52. The Bertz CT molecular complexity index is 1290. The van der Waals surface area contributed by atoms with Crippen LogP contribution in [0.3, 0.4) is 0 Å². The Hall–Kier alpha value is -3.41. The van der Waals surface area contributed by atoms with Crippen LogP contribution in [-0.4, -0.2) is 13.7 Å². The predicted molar refractivity (Wildman–Crippen MR) is 104 cm³/mol. The average Bonchev–Trinajstić information content (AvgIpc) is 3.06. The third kappa shape index (κ3) is 2.61. The minimum absolute atomic E-state index is 0.337. The van der Waals surface area contributed by atoms with Crippen molar-refractivity contribution in [2.75, 3.05) is 0 Å². The van der Waals surface area contributed by atoms with Crippen molar-refractivity contribution in [3.8, 4) is 16.9 Å². The van der Waals surface area contributed by atoms with Gasteiger partial charge in [0.1, 0.15) is 5.82 Å².